The van der Waals surface area contributed by atoms with Crippen LogP contribution in [0.25, 0.3) is 0 Å². The fourth-order valence-corrected chi connectivity index (χ4v) is 3.18. The van der Waals surface area contributed by atoms with Crippen LogP contribution in [0, 0.1) is 5.41 Å². The first-order chi connectivity index (χ1) is 7.29. The van der Waals surface area contributed by atoms with E-state index >= 15 is 0 Å². The van der Waals surface area contributed by atoms with Crippen LogP contribution >= 0.6 is 0 Å². The van der Waals surface area contributed by atoms with Crippen molar-refractivity contribution < 1.29 is 0 Å². The third-order valence-corrected chi connectivity index (χ3v) is 4.15. The number of allylic oxidation sites excluding steroid dienone is 1. The molecule has 1 aliphatic carbocycles. The van der Waals surface area contributed by atoms with Gasteiger partial charge in [-0.05, 0) is 44.1 Å². The van der Waals surface area contributed by atoms with Crippen molar-refractivity contribution in [1.29, 1.82) is 0 Å². The molecule has 0 aromatic rings. The topological polar surface area (TPSA) is 12.0 Å². The van der Waals surface area contributed by atoms with E-state index in [0.717, 1.165) is 13.0 Å². The molecule has 88 valence electrons. The molecule has 1 fully saturated rings. The lowest BCUT2D eigenvalue weighted by Gasteiger charge is -2.37. The maximum atomic E-state index is 3.84. The fourth-order valence-electron chi connectivity index (χ4n) is 3.18. The van der Waals surface area contributed by atoms with Crippen LogP contribution in [0.2, 0.25) is 0 Å². The fraction of sp³-hybridized carbons (Fsp3) is 0.857. The molecule has 1 atom stereocenters. The SMILES string of the molecule is C=CCCC(NCC)C1(CC)CCCC1. The van der Waals surface area contributed by atoms with Crippen molar-refractivity contribution in [2.45, 2.75) is 64.8 Å². The first kappa shape index (κ1) is 12.8. The molecule has 0 aliphatic heterocycles. The zero-order valence-corrected chi connectivity index (χ0v) is 10.5. The second-order valence-electron chi connectivity index (χ2n) is 4.90. The molecule has 0 aromatic heterocycles. The third kappa shape index (κ3) is 3.07. The first-order valence-corrected chi connectivity index (χ1v) is 6.63. The van der Waals surface area contributed by atoms with E-state index in [1.54, 1.807) is 0 Å². The van der Waals surface area contributed by atoms with Crippen LogP contribution in [0.15, 0.2) is 12.7 Å². The van der Waals surface area contributed by atoms with Crippen molar-refractivity contribution in [2.24, 2.45) is 5.41 Å². The van der Waals surface area contributed by atoms with Crippen molar-refractivity contribution in [3.8, 4) is 0 Å². The summed E-state index contributed by atoms with van der Waals surface area (Å²) in [7, 11) is 0. The molecular formula is C14H27N. The Morgan fingerprint density at radius 3 is 2.47 bits per heavy atom. The van der Waals surface area contributed by atoms with Crippen molar-refractivity contribution in [3.63, 3.8) is 0 Å². The highest BCUT2D eigenvalue weighted by Crippen LogP contribution is 2.45. The van der Waals surface area contributed by atoms with Gasteiger partial charge in [-0.15, -0.1) is 6.58 Å². The molecule has 1 unspecified atom stereocenters. The maximum Gasteiger partial charge on any atom is 0.0126 e. The van der Waals surface area contributed by atoms with E-state index in [-0.39, 0.29) is 0 Å². The predicted octanol–water partition coefficient (Wildman–Crippen LogP) is 3.90. The standard InChI is InChI=1S/C14H27N/c1-4-7-10-13(15-6-3)14(5-2)11-8-9-12-14/h4,13,15H,1,5-12H2,2-3H3. The minimum atomic E-state index is 0.596. The van der Waals surface area contributed by atoms with Gasteiger partial charge in [-0.1, -0.05) is 32.8 Å². The summed E-state index contributed by atoms with van der Waals surface area (Å²) >= 11 is 0. The monoisotopic (exact) mass is 209 g/mol. The van der Waals surface area contributed by atoms with Gasteiger partial charge in [0.05, 0.1) is 0 Å². The zero-order chi connectivity index (χ0) is 11.1. The average molecular weight is 209 g/mol. The molecule has 1 saturated carbocycles. The highest BCUT2D eigenvalue weighted by molar-refractivity contribution is 4.94. The third-order valence-electron chi connectivity index (χ3n) is 4.15. The minimum absolute atomic E-state index is 0.596. The Morgan fingerprint density at radius 1 is 1.33 bits per heavy atom. The smallest absolute Gasteiger partial charge is 0.0126 e. The minimum Gasteiger partial charge on any atom is -0.314 e. The van der Waals surface area contributed by atoms with E-state index in [1.165, 1.54) is 38.5 Å². The van der Waals surface area contributed by atoms with Crippen molar-refractivity contribution >= 4 is 0 Å². The molecule has 0 saturated heterocycles. The highest BCUT2D eigenvalue weighted by atomic mass is 14.9. The van der Waals surface area contributed by atoms with Crippen LogP contribution in [0.3, 0.4) is 0 Å². The van der Waals surface area contributed by atoms with Crippen LogP contribution in [0.1, 0.15) is 58.8 Å². The lowest BCUT2D eigenvalue weighted by atomic mass is 9.74. The van der Waals surface area contributed by atoms with Gasteiger partial charge in [0.15, 0.2) is 0 Å². The van der Waals surface area contributed by atoms with Gasteiger partial charge in [0.1, 0.15) is 0 Å². The van der Waals surface area contributed by atoms with Gasteiger partial charge >= 0.3 is 0 Å². The predicted molar refractivity (Wildman–Crippen MR) is 68.1 cm³/mol. The molecule has 1 nitrogen and oxygen atoms in total. The first-order valence-electron chi connectivity index (χ1n) is 6.63. The van der Waals surface area contributed by atoms with Crippen molar-refractivity contribution in [1.82, 2.24) is 5.32 Å². The molecular weight excluding hydrogens is 182 g/mol. The van der Waals surface area contributed by atoms with Gasteiger partial charge in [0, 0.05) is 6.04 Å². The number of rotatable bonds is 7. The zero-order valence-electron chi connectivity index (χ0n) is 10.5. The summed E-state index contributed by atoms with van der Waals surface area (Å²) in [6, 6.07) is 0.716. The molecule has 0 radical (unpaired) electrons. The summed E-state index contributed by atoms with van der Waals surface area (Å²) < 4.78 is 0. The summed E-state index contributed by atoms with van der Waals surface area (Å²) in [5, 5.41) is 3.70. The summed E-state index contributed by atoms with van der Waals surface area (Å²) in [6.07, 6.45) is 11.5. The molecule has 0 heterocycles. The lowest BCUT2D eigenvalue weighted by molar-refractivity contribution is 0.179. The van der Waals surface area contributed by atoms with E-state index in [0.29, 0.717) is 11.5 Å². The Hall–Kier alpha value is -0.300. The Balaban J connectivity index is 2.61. The van der Waals surface area contributed by atoms with Gasteiger partial charge in [-0.25, -0.2) is 0 Å². The normalized spacial score (nSPS) is 21.5. The van der Waals surface area contributed by atoms with Gasteiger partial charge in [0.2, 0.25) is 0 Å². The van der Waals surface area contributed by atoms with Gasteiger partial charge < -0.3 is 5.32 Å². The lowest BCUT2D eigenvalue weighted by Crippen LogP contribution is -2.43. The second-order valence-corrected chi connectivity index (χ2v) is 4.90. The van der Waals surface area contributed by atoms with Crippen LogP contribution < -0.4 is 5.32 Å². The second kappa shape index (κ2) is 6.32. The quantitative estimate of drug-likeness (QED) is 0.627. The summed E-state index contributed by atoms with van der Waals surface area (Å²) in [6.45, 7) is 9.53. The average Bonchev–Trinajstić information content (AvgIpc) is 2.74. The molecule has 1 heteroatoms. The summed E-state index contributed by atoms with van der Waals surface area (Å²) in [5.41, 5.74) is 0.596. The molecule has 1 N–H and O–H groups in total. The van der Waals surface area contributed by atoms with E-state index in [9.17, 15) is 0 Å². The van der Waals surface area contributed by atoms with Gasteiger partial charge in [-0.3, -0.25) is 0 Å². The molecule has 0 amide bonds. The van der Waals surface area contributed by atoms with Crippen LogP contribution in [0.5, 0.6) is 0 Å². The maximum absolute atomic E-state index is 3.84. The van der Waals surface area contributed by atoms with E-state index in [2.05, 4.69) is 31.8 Å². The van der Waals surface area contributed by atoms with E-state index < -0.39 is 0 Å². The summed E-state index contributed by atoms with van der Waals surface area (Å²) in [4.78, 5) is 0. The summed E-state index contributed by atoms with van der Waals surface area (Å²) in [5.74, 6) is 0. The largest absolute Gasteiger partial charge is 0.314 e. The van der Waals surface area contributed by atoms with Gasteiger partial charge in [0.25, 0.3) is 0 Å². The van der Waals surface area contributed by atoms with Crippen LogP contribution in [-0.4, -0.2) is 12.6 Å². The molecule has 1 rings (SSSR count). The molecule has 0 aromatic carbocycles. The Labute approximate surface area is 95.3 Å². The van der Waals surface area contributed by atoms with Crippen molar-refractivity contribution in [2.75, 3.05) is 6.54 Å². The number of hydrogen-bond acceptors (Lipinski definition) is 1. The Morgan fingerprint density at radius 2 is 2.00 bits per heavy atom. The molecule has 1 aliphatic rings. The Kier molecular flexibility index (Phi) is 5.38. The number of hydrogen-bond donors (Lipinski definition) is 1. The molecule has 0 spiro atoms. The molecule has 0 bridgehead atoms. The Bertz CT molecular complexity index is 180. The van der Waals surface area contributed by atoms with Crippen LogP contribution in [0.4, 0.5) is 0 Å². The number of nitrogens with one attached hydrogen (secondary N) is 1. The van der Waals surface area contributed by atoms with Crippen LogP contribution in [-0.2, 0) is 0 Å². The van der Waals surface area contributed by atoms with E-state index in [1.807, 2.05) is 0 Å². The van der Waals surface area contributed by atoms with E-state index in [4.69, 9.17) is 0 Å². The van der Waals surface area contributed by atoms with Gasteiger partial charge in [-0.2, -0.15) is 0 Å². The highest BCUT2D eigenvalue weighted by Gasteiger charge is 2.38. The molecule has 15 heavy (non-hydrogen) atoms. The van der Waals surface area contributed by atoms with Crippen molar-refractivity contribution in [3.05, 3.63) is 12.7 Å².